The molecule has 0 atom stereocenters. The Balaban J connectivity index is 2.97. The van der Waals surface area contributed by atoms with Gasteiger partial charge in [0.2, 0.25) is 0 Å². The van der Waals surface area contributed by atoms with E-state index in [0.717, 1.165) is 4.90 Å². The number of alkyl halides is 3. The van der Waals surface area contributed by atoms with Crippen molar-refractivity contribution < 1.29 is 23.1 Å². The third-order valence-corrected chi connectivity index (χ3v) is 2.48. The van der Waals surface area contributed by atoms with Crippen LogP contribution in [0.1, 0.15) is 22.8 Å². The lowest BCUT2D eigenvalue weighted by atomic mass is 10.1. The quantitative estimate of drug-likeness (QED) is 0.908. The topological polar surface area (TPSA) is 40.5 Å². The molecular formula is C12H14F3NO2. The van der Waals surface area contributed by atoms with Gasteiger partial charge in [-0.1, -0.05) is 0 Å². The summed E-state index contributed by atoms with van der Waals surface area (Å²) < 4.78 is 36.9. The van der Waals surface area contributed by atoms with Crippen molar-refractivity contribution in [1.82, 2.24) is 4.90 Å². The number of aryl methyl sites for hydroxylation is 1. The van der Waals surface area contributed by atoms with Crippen LogP contribution in [0.2, 0.25) is 0 Å². The van der Waals surface area contributed by atoms with Crippen LogP contribution in [-0.4, -0.2) is 35.2 Å². The zero-order valence-corrected chi connectivity index (χ0v) is 10.1. The van der Waals surface area contributed by atoms with Crippen molar-refractivity contribution in [2.75, 3.05) is 13.1 Å². The van der Waals surface area contributed by atoms with Crippen molar-refractivity contribution >= 4 is 5.91 Å². The van der Waals surface area contributed by atoms with Crippen LogP contribution in [0, 0.1) is 6.92 Å². The number of benzene rings is 1. The molecule has 0 saturated carbocycles. The second-order valence-electron chi connectivity index (χ2n) is 3.93. The van der Waals surface area contributed by atoms with Gasteiger partial charge in [-0.15, -0.1) is 0 Å². The molecule has 0 aliphatic rings. The van der Waals surface area contributed by atoms with E-state index in [1.54, 1.807) is 6.92 Å². The van der Waals surface area contributed by atoms with Gasteiger partial charge in [0, 0.05) is 12.1 Å². The van der Waals surface area contributed by atoms with Gasteiger partial charge in [0.15, 0.2) is 0 Å². The van der Waals surface area contributed by atoms with Crippen LogP contribution in [0.25, 0.3) is 0 Å². The molecule has 3 nitrogen and oxygen atoms in total. The van der Waals surface area contributed by atoms with Crippen molar-refractivity contribution in [3.05, 3.63) is 29.3 Å². The summed E-state index contributed by atoms with van der Waals surface area (Å²) >= 11 is 0. The Labute approximate surface area is 103 Å². The first-order valence-corrected chi connectivity index (χ1v) is 5.40. The van der Waals surface area contributed by atoms with Crippen LogP contribution in [-0.2, 0) is 0 Å². The van der Waals surface area contributed by atoms with E-state index in [2.05, 4.69) is 0 Å². The number of phenolic OH excluding ortho intramolecular Hbond substituents is 1. The van der Waals surface area contributed by atoms with E-state index < -0.39 is 18.6 Å². The van der Waals surface area contributed by atoms with Crippen molar-refractivity contribution in [1.29, 1.82) is 0 Å². The number of halogens is 3. The molecule has 1 amide bonds. The van der Waals surface area contributed by atoms with Gasteiger partial charge < -0.3 is 10.0 Å². The fraction of sp³-hybridized carbons (Fsp3) is 0.417. The number of hydrogen-bond donors (Lipinski definition) is 1. The highest BCUT2D eigenvalue weighted by atomic mass is 19.4. The maximum absolute atomic E-state index is 12.3. The number of amides is 1. The maximum atomic E-state index is 12.3. The van der Waals surface area contributed by atoms with Gasteiger partial charge in [0.1, 0.15) is 12.3 Å². The van der Waals surface area contributed by atoms with Gasteiger partial charge in [-0.2, -0.15) is 13.2 Å². The molecule has 6 heteroatoms. The Kier molecular flexibility index (Phi) is 4.21. The van der Waals surface area contributed by atoms with E-state index >= 15 is 0 Å². The lowest BCUT2D eigenvalue weighted by molar-refractivity contribution is -0.140. The average molecular weight is 261 g/mol. The molecular weight excluding hydrogens is 247 g/mol. The first-order valence-electron chi connectivity index (χ1n) is 5.40. The summed E-state index contributed by atoms with van der Waals surface area (Å²) in [6.07, 6.45) is -4.42. The number of rotatable bonds is 3. The standard InChI is InChI=1S/C12H14F3NO2/c1-3-16(7-12(13,14)15)11(18)10-5-4-9(17)6-8(10)2/h4-6,17H,3,7H2,1-2H3. The summed E-state index contributed by atoms with van der Waals surface area (Å²) in [6, 6.07) is 3.95. The first kappa shape index (κ1) is 14.3. The zero-order valence-electron chi connectivity index (χ0n) is 10.1. The molecule has 1 rings (SSSR count). The maximum Gasteiger partial charge on any atom is 0.406 e. The smallest absolute Gasteiger partial charge is 0.406 e. The molecule has 0 aliphatic heterocycles. The summed E-state index contributed by atoms with van der Waals surface area (Å²) in [5, 5.41) is 9.20. The van der Waals surface area contributed by atoms with E-state index in [1.807, 2.05) is 0 Å². The van der Waals surface area contributed by atoms with Crippen LogP contribution >= 0.6 is 0 Å². The van der Waals surface area contributed by atoms with Crippen LogP contribution in [0.4, 0.5) is 13.2 Å². The molecule has 0 bridgehead atoms. The van der Waals surface area contributed by atoms with E-state index in [9.17, 15) is 23.1 Å². The highest BCUT2D eigenvalue weighted by molar-refractivity contribution is 5.95. The highest BCUT2D eigenvalue weighted by Crippen LogP contribution is 2.21. The largest absolute Gasteiger partial charge is 0.508 e. The summed E-state index contributed by atoms with van der Waals surface area (Å²) in [4.78, 5) is 12.7. The normalized spacial score (nSPS) is 11.4. The fourth-order valence-electron chi connectivity index (χ4n) is 1.60. The monoisotopic (exact) mass is 261 g/mol. The van der Waals surface area contributed by atoms with Crippen molar-refractivity contribution in [3.8, 4) is 5.75 Å². The minimum Gasteiger partial charge on any atom is -0.508 e. The van der Waals surface area contributed by atoms with Crippen LogP contribution in [0.5, 0.6) is 5.75 Å². The van der Waals surface area contributed by atoms with Crippen molar-refractivity contribution in [2.24, 2.45) is 0 Å². The van der Waals surface area contributed by atoms with Crippen LogP contribution in [0.3, 0.4) is 0 Å². The predicted octanol–water partition coefficient (Wildman–Crippen LogP) is 2.73. The number of carbonyl (C=O) groups is 1. The first-order chi connectivity index (χ1) is 8.24. The van der Waals surface area contributed by atoms with E-state index in [0.29, 0.717) is 5.56 Å². The molecule has 1 N–H and O–H groups in total. The molecule has 0 aliphatic carbocycles. The summed E-state index contributed by atoms with van der Waals surface area (Å²) in [5.41, 5.74) is 0.611. The van der Waals surface area contributed by atoms with Gasteiger partial charge in [0.05, 0.1) is 0 Å². The van der Waals surface area contributed by atoms with Crippen molar-refractivity contribution in [2.45, 2.75) is 20.0 Å². The van der Waals surface area contributed by atoms with Gasteiger partial charge in [-0.25, -0.2) is 0 Å². The lowest BCUT2D eigenvalue weighted by Gasteiger charge is -2.23. The lowest BCUT2D eigenvalue weighted by Crippen LogP contribution is -2.39. The highest BCUT2D eigenvalue weighted by Gasteiger charge is 2.32. The number of aromatic hydroxyl groups is 1. The minimum absolute atomic E-state index is 0.0251. The molecule has 0 fully saturated rings. The van der Waals surface area contributed by atoms with E-state index in [1.165, 1.54) is 25.1 Å². The van der Waals surface area contributed by atoms with Gasteiger partial charge >= 0.3 is 6.18 Å². The fourth-order valence-corrected chi connectivity index (χ4v) is 1.60. The Bertz CT molecular complexity index is 443. The van der Waals surface area contributed by atoms with Crippen LogP contribution < -0.4 is 0 Å². The molecule has 0 spiro atoms. The predicted molar refractivity (Wildman–Crippen MR) is 60.5 cm³/mol. The summed E-state index contributed by atoms with van der Waals surface area (Å²) in [6.45, 7) is 1.75. The molecule has 0 saturated heterocycles. The Morgan fingerprint density at radius 1 is 1.39 bits per heavy atom. The minimum atomic E-state index is -4.42. The molecule has 0 unspecified atom stereocenters. The molecule has 0 heterocycles. The van der Waals surface area contributed by atoms with Gasteiger partial charge in [0.25, 0.3) is 5.91 Å². The molecule has 0 aromatic heterocycles. The number of carbonyl (C=O) groups excluding carboxylic acids is 1. The SMILES string of the molecule is CCN(CC(F)(F)F)C(=O)c1ccc(O)cc1C. The van der Waals surface area contributed by atoms with E-state index in [-0.39, 0.29) is 17.9 Å². The second-order valence-corrected chi connectivity index (χ2v) is 3.93. The Hall–Kier alpha value is -1.72. The summed E-state index contributed by atoms with van der Waals surface area (Å²) in [7, 11) is 0. The van der Waals surface area contributed by atoms with Crippen molar-refractivity contribution in [3.63, 3.8) is 0 Å². The van der Waals surface area contributed by atoms with Gasteiger partial charge in [-0.05, 0) is 37.6 Å². The molecule has 100 valence electrons. The molecule has 1 aromatic carbocycles. The Morgan fingerprint density at radius 3 is 2.44 bits per heavy atom. The number of nitrogens with zero attached hydrogens (tertiary/aromatic N) is 1. The third kappa shape index (κ3) is 3.65. The zero-order chi connectivity index (χ0) is 13.9. The second kappa shape index (κ2) is 5.29. The molecule has 0 radical (unpaired) electrons. The Morgan fingerprint density at radius 2 is 2.00 bits per heavy atom. The van der Waals surface area contributed by atoms with Gasteiger partial charge in [-0.3, -0.25) is 4.79 Å². The average Bonchev–Trinajstić information content (AvgIpc) is 2.24. The molecule has 1 aromatic rings. The third-order valence-electron chi connectivity index (χ3n) is 2.48. The van der Waals surface area contributed by atoms with Crippen LogP contribution in [0.15, 0.2) is 18.2 Å². The molecule has 18 heavy (non-hydrogen) atoms. The number of hydrogen-bond acceptors (Lipinski definition) is 2. The number of phenols is 1. The summed E-state index contributed by atoms with van der Waals surface area (Å²) in [5.74, 6) is -0.713. The van der Waals surface area contributed by atoms with E-state index in [4.69, 9.17) is 0 Å².